The van der Waals surface area contributed by atoms with Gasteiger partial charge in [-0.3, -0.25) is 0 Å². The molecule has 0 amide bonds. The summed E-state index contributed by atoms with van der Waals surface area (Å²) in [5, 5.41) is 6.83. The molecule has 0 unspecified atom stereocenters. The van der Waals surface area contributed by atoms with Crippen molar-refractivity contribution in [2.24, 2.45) is 0 Å². The summed E-state index contributed by atoms with van der Waals surface area (Å²) in [4.78, 5) is 15.8. The van der Waals surface area contributed by atoms with Gasteiger partial charge in [0.05, 0.1) is 6.26 Å². The summed E-state index contributed by atoms with van der Waals surface area (Å²) >= 11 is 0. The Hall–Kier alpha value is -2.34. The van der Waals surface area contributed by atoms with Gasteiger partial charge in [-0.15, -0.1) is 0 Å². The van der Waals surface area contributed by atoms with E-state index in [1.54, 1.807) is 0 Å². The molecule has 114 valence electrons. The number of nitrogens with zero attached hydrogens (tertiary/aromatic N) is 6. The Morgan fingerprint density at radius 1 is 1.29 bits per heavy atom. The third kappa shape index (κ3) is 4.92. The number of hydrogen-bond acceptors (Lipinski definition) is 9. The molecule has 0 aliphatic rings. The van der Waals surface area contributed by atoms with Gasteiger partial charge in [0.2, 0.25) is 21.9 Å². The van der Waals surface area contributed by atoms with Gasteiger partial charge in [0, 0.05) is 13.1 Å². The molecule has 2 aromatic heterocycles. The Balaban J connectivity index is 1.92. The van der Waals surface area contributed by atoms with E-state index in [-0.39, 0.29) is 17.8 Å². The molecule has 0 radical (unpaired) electrons. The minimum atomic E-state index is -3.17. The third-order valence-electron chi connectivity index (χ3n) is 2.27. The van der Waals surface area contributed by atoms with Crippen molar-refractivity contribution in [3.8, 4) is 5.95 Å². The van der Waals surface area contributed by atoms with Gasteiger partial charge in [0.25, 0.3) is 5.95 Å². The van der Waals surface area contributed by atoms with E-state index in [0.717, 1.165) is 6.26 Å². The maximum atomic E-state index is 10.9. The topological polar surface area (TPSA) is 154 Å². The van der Waals surface area contributed by atoms with Gasteiger partial charge in [0.1, 0.15) is 12.7 Å². The maximum absolute atomic E-state index is 10.9. The monoisotopic (exact) mass is 313 g/mol. The average Bonchev–Trinajstić information content (AvgIpc) is 2.90. The Morgan fingerprint density at radius 3 is 2.76 bits per heavy atom. The van der Waals surface area contributed by atoms with Gasteiger partial charge in [-0.1, -0.05) is 0 Å². The van der Waals surface area contributed by atoms with Gasteiger partial charge >= 0.3 is 0 Å². The fourth-order valence-corrected chi connectivity index (χ4v) is 1.93. The Kier molecular flexibility index (Phi) is 4.59. The summed E-state index contributed by atoms with van der Waals surface area (Å²) in [5.74, 6) is 0.580. The number of hydrogen-bond donors (Lipinski definition) is 3. The van der Waals surface area contributed by atoms with E-state index in [4.69, 9.17) is 5.73 Å². The second-order valence-corrected chi connectivity index (χ2v) is 5.94. The van der Waals surface area contributed by atoms with Crippen LogP contribution < -0.4 is 15.8 Å². The van der Waals surface area contributed by atoms with Gasteiger partial charge in [-0.05, 0) is 6.42 Å². The second kappa shape index (κ2) is 6.41. The maximum Gasteiger partial charge on any atom is 0.258 e. The van der Waals surface area contributed by atoms with E-state index in [0.29, 0.717) is 19.5 Å². The summed E-state index contributed by atoms with van der Waals surface area (Å²) in [6, 6.07) is 0. The number of rotatable bonds is 7. The van der Waals surface area contributed by atoms with Crippen LogP contribution in [0.5, 0.6) is 0 Å². The first kappa shape index (κ1) is 15.1. The van der Waals surface area contributed by atoms with E-state index in [1.807, 2.05) is 0 Å². The van der Waals surface area contributed by atoms with Crippen molar-refractivity contribution in [1.82, 2.24) is 34.4 Å². The molecule has 2 heterocycles. The highest BCUT2D eigenvalue weighted by molar-refractivity contribution is 7.88. The molecule has 0 fully saturated rings. The number of nitrogen functional groups attached to an aromatic ring is 1. The van der Waals surface area contributed by atoms with Crippen molar-refractivity contribution in [1.29, 1.82) is 0 Å². The summed E-state index contributed by atoms with van der Waals surface area (Å²) in [7, 11) is -3.17. The van der Waals surface area contributed by atoms with Crippen LogP contribution in [-0.4, -0.2) is 57.5 Å². The molecule has 0 spiro atoms. The number of anilines is 2. The molecule has 0 aliphatic heterocycles. The average molecular weight is 313 g/mol. The van der Waals surface area contributed by atoms with Crippen LogP contribution in [0.25, 0.3) is 5.95 Å². The molecule has 11 nitrogen and oxygen atoms in total. The van der Waals surface area contributed by atoms with E-state index < -0.39 is 10.0 Å². The molecular weight excluding hydrogens is 298 g/mol. The Bertz CT molecular complexity index is 685. The number of aromatic nitrogens is 6. The predicted molar refractivity (Wildman–Crippen MR) is 75.1 cm³/mol. The zero-order valence-corrected chi connectivity index (χ0v) is 12.1. The number of nitrogens with one attached hydrogen (secondary N) is 2. The highest BCUT2D eigenvalue weighted by atomic mass is 32.2. The molecule has 0 aromatic carbocycles. The van der Waals surface area contributed by atoms with Crippen molar-refractivity contribution in [3.05, 3.63) is 12.7 Å². The lowest BCUT2D eigenvalue weighted by atomic mass is 10.4. The first-order valence-electron chi connectivity index (χ1n) is 5.99. The van der Waals surface area contributed by atoms with Gasteiger partial charge < -0.3 is 11.1 Å². The molecule has 12 heteroatoms. The molecule has 0 aliphatic carbocycles. The zero-order chi connectivity index (χ0) is 15.3. The van der Waals surface area contributed by atoms with Crippen LogP contribution >= 0.6 is 0 Å². The molecule has 2 rings (SSSR count). The van der Waals surface area contributed by atoms with Gasteiger partial charge in [-0.2, -0.15) is 24.7 Å². The van der Waals surface area contributed by atoms with Crippen LogP contribution in [-0.2, 0) is 10.0 Å². The minimum absolute atomic E-state index is 0.0484. The molecule has 21 heavy (non-hydrogen) atoms. The van der Waals surface area contributed by atoms with Crippen molar-refractivity contribution < 1.29 is 8.42 Å². The summed E-state index contributed by atoms with van der Waals surface area (Å²) < 4.78 is 25.5. The lowest BCUT2D eigenvalue weighted by molar-refractivity contribution is 0.586. The van der Waals surface area contributed by atoms with Crippen LogP contribution in [0, 0.1) is 0 Å². The van der Waals surface area contributed by atoms with Crippen molar-refractivity contribution in [3.63, 3.8) is 0 Å². The van der Waals surface area contributed by atoms with Crippen LogP contribution in [0.15, 0.2) is 12.7 Å². The molecule has 0 saturated carbocycles. The standard InChI is InChI=1S/C9H15N9O2S/c1-21(19,20)14-4-2-3-12-8-15-7(10)16-9(17-8)18-6-11-5-13-18/h5-6,14H,2-4H2,1H3,(H3,10,12,15,16,17). The van der Waals surface area contributed by atoms with E-state index >= 15 is 0 Å². The lowest BCUT2D eigenvalue weighted by Crippen LogP contribution is -2.24. The minimum Gasteiger partial charge on any atom is -0.368 e. The van der Waals surface area contributed by atoms with Gasteiger partial charge in [0.15, 0.2) is 0 Å². The van der Waals surface area contributed by atoms with Crippen molar-refractivity contribution in [2.45, 2.75) is 6.42 Å². The number of nitrogens with two attached hydrogens (primary N) is 1. The second-order valence-electron chi connectivity index (χ2n) is 4.10. The predicted octanol–water partition coefficient (Wildman–Crippen LogP) is -1.61. The van der Waals surface area contributed by atoms with E-state index in [1.165, 1.54) is 17.3 Å². The SMILES string of the molecule is CS(=O)(=O)NCCCNc1nc(N)nc(-n2cncn2)n1. The van der Waals surface area contributed by atoms with E-state index in [2.05, 4.69) is 35.1 Å². The molecule has 0 atom stereocenters. The lowest BCUT2D eigenvalue weighted by Gasteiger charge is -2.07. The first-order chi connectivity index (χ1) is 9.94. The van der Waals surface area contributed by atoms with E-state index in [9.17, 15) is 8.42 Å². The normalized spacial score (nSPS) is 11.5. The first-order valence-corrected chi connectivity index (χ1v) is 7.88. The van der Waals surface area contributed by atoms with Crippen LogP contribution in [0.1, 0.15) is 6.42 Å². The van der Waals surface area contributed by atoms with Crippen LogP contribution in [0.4, 0.5) is 11.9 Å². The van der Waals surface area contributed by atoms with Gasteiger partial charge in [-0.25, -0.2) is 18.1 Å². The Labute approximate surface area is 121 Å². The third-order valence-corrected chi connectivity index (χ3v) is 2.99. The largest absolute Gasteiger partial charge is 0.368 e. The van der Waals surface area contributed by atoms with Crippen LogP contribution in [0.2, 0.25) is 0 Å². The smallest absolute Gasteiger partial charge is 0.258 e. The molecular formula is C9H15N9O2S. The van der Waals surface area contributed by atoms with Crippen molar-refractivity contribution >= 4 is 21.9 Å². The fourth-order valence-electron chi connectivity index (χ4n) is 1.42. The zero-order valence-electron chi connectivity index (χ0n) is 11.3. The summed E-state index contributed by atoms with van der Waals surface area (Å²) in [5.41, 5.74) is 5.60. The van der Waals surface area contributed by atoms with Crippen molar-refractivity contribution in [2.75, 3.05) is 30.4 Å². The fraction of sp³-hybridized carbons (Fsp3) is 0.444. The summed E-state index contributed by atoms with van der Waals surface area (Å²) in [6.45, 7) is 0.797. The molecule has 4 N–H and O–H groups in total. The highest BCUT2D eigenvalue weighted by Gasteiger charge is 2.06. The quantitative estimate of drug-likeness (QED) is 0.512. The molecule has 0 bridgehead atoms. The highest BCUT2D eigenvalue weighted by Crippen LogP contribution is 2.05. The van der Waals surface area contributed by atoms with Crippen LogP contribution in [0.3, 0.4) is 0 Å². The molecule has 0 saturated heterocycles. The Morgan fingerprint density at radius 2 is 2.10 bits per heavy atom. The summed E-state index contributed by atoms with van der Waals surface area (Å²) in [6.07, 6.45) is 4.47. The molecule has 2 aromatic rings. The number of sulfonamides is 1.